The fraction of sp³-hybridized carbons (Fsp3) is 0.250. The molecule has 2 aromatic rings. The molecule has 0 bridgehead atoms. The fourth-order valence-electron chi connectivity index (χ4n) is 1.47. The second-order valence-electron chi connectivity index (χ2n) is 3.55. The Bertz CT molecular complexity index is 431. The van der Waals surface area contributed by atoms with Gasteiger partial charge in [0.05, 0.1) is 12.7 Å². The van der Waals surface area contributed by atoms with Gasteiger partial charge in [-0.15, -0.1) is 0 Å². The molecule has 78 valence electrons. The molecule has 0 spiro atoms. The van der Waals surface area contributed by atoms with Crippen molar-refractivity contribution in [2.75, 3.05) is 5.33 Å². The lowest BCUT2D eigenvalue weighted by molar-refractivity contribution is 0.669. The Morgan fingerprint density at radius 3 is 2.60 bits per heavy atom. The first-order valence-corrected chi connectivity index (χ1v) is 6.07. The predicted octanol–water partition coefficient (Wildman–Crippen LogP) is 3.25. The number of aryl methyl sites for hydroxylation is 2. The smallest absolute Gasteiger partial charge is 0.0568 e. The van der Waals surface area contributed by atoms with E-state index in [0.29, 0.717) is 0 Å². The van der Waals surface area contributed by atoms with Crippen LogP contribution in [0.15, 0.2) is 36.7 Å². The van der Waals surface area contributed by atoms with Gasteiger partial charge >= 0.3 is 0 Å². The molecule has 0 amide bonds. The molecule has 1 aromatic heterocycles. The van der Waals surface area contributed by atoms with Crippen LogP contribution in [0.3, 0.4) is 0 Å². The molecule has 0 atom stereocenters. The van der Waals surface area contributed by atoms with Gasteiger partial charge in [0.2, 0.25) is 0 Å². The van der Waals surface area contributed by atoms with Crippen molar-refractivity contribution in [3.8, 4) is 11.1 Å². The summed E-state index contributed by atoms with van der Waals surface area (Å²) >= 11 is 3.40. The molecule has 0 aliphatic rings. The summed E-state index contributed by atoms with van der Waals surface area (Å²) in [4.78, 5) is 0. The first-order chi connectivity index (χ1) is 7.29. The first-order valence-electron chi connectivity index (χ1n) is 4.95. The maximum Gasteiger partial charge on any atom is 0.0568 e. The van der Waals surface area contributed by atoms with Crippen molar-refractivity contribution in [2.24, 2.45) is 0 Å². The van der Waals surface area contributed by atoms with E-state index in [9.17, 15) is 0 Å². The lowest BCUT2D eigenvalue weighted by atomic mass is 10.1. The molecule has 0 saturated carbocycles. The Hall–Kier alpha value is -1.09. The average Bonchev–Trinajstić information content (AvgIpc) is 2.68. The van der Waals surface area contributed by atoms with Crippen LogP contribution in [-0.2, 0) is 6.54 Å². The molecule has 0 aliphatic carbocycles. The summed E-state index contributed by atoms with van der Waals surface area (Å²) in [6, 6.07) is 8.50. The van der Waals surface area contributed by atoms with Gasteiger partial charge in [-0.25, -0.2) is 0 Å². The number of aromatic nitrogens is 2. The molecule has 2 nitrogen and oxygen atoms in total. The van der Waals surface area contributed by atoms with Crippen LogP contribution in [0.5, 0.6) is 0 Å². The Morgan fingerprint density at radius 1 is 1.20 bits per heavy atom. The minimum Gasteiger partial charge on any atom is -0.271 e. The van der Waals surface area contributed by atoms with Crippen LogP contribution >= 0.6 is 15.9 Å². The van der Waals surface area contributed by atoms with Gasteiger partial charge < -0.3 is 0 Å². The molecule has 3 heteroatoms. The summed E-state index contributed by atoms with van der Waals surface area (Å²) in [6.07, 6.45) is 3.99. The van der Waals surface area contributed by atoms with Crippen molar-refractivity contribution < 1.29 is 0 Å². The van der Waals surface area contributed by atoms with Crippen molar-refractivity contribution in [1.29, 1.82) is 0 Å². The third-order valence-electron chi connectivity index (χ3n) is 2.33. The van der Waals surface area contributed by atoms with Gasteiger partial charge in [0.1, 0.15) is 0 Å². The number of hydrogen-bond donors (Lipinski definition) is 0. The summed E-state index contributed by atoms with van der Waals surface area (Å²) in [5, 5.41) is 5.22. The molecular formula is C12H13BrN2. The number of alkyl halides is 1. The zero-order valence-electron chi connectivity index (χ0n) is 8.65. The second kappa shape index (κ2) is 4.62. The van der Waals surface area contributed by atoms with E-state index in [1.54, 1.807) is 0 Å². The minimum atomic E-state index is 0.909. The zero-order chi connectivity index (χ0) is 10.7. The van der Waals surface area contributed by atoms with Crippen molar-refractivity contribution >= 4 is 15.9 Å². The number of benzene rings is 1. The van der Waals surface area contributed by atoms with Gasteiger partial charge in [-0.05, 0) is 12.5 Å². The summed E-state index contributed by atoms with van der Waals surface area (Å²) in [5.74, 6) is 0. The number of rotatable bonds is 3. The van der Waals surface area contributed by atoms with Crippen LogP contribution in [0.1, 0.15) is 5.56 Å². The SMILES string of the molecule is Cc1ccc(-c2cnn(CCBr)c2)cc1. The Balaban J connectivity index is 2.25. The van der Waals surface area contributed by atoms with Crippen LogP contribution in [0, 0.1) is 6.92 Å². The van der Waals surface area contributed by atoms with E-state index < -0.39 is 0 Å². The van der Waals surface area contributed by atoms with Crippen LogP contribution in [0.2, 0.25) is 0 Å². The van der Waals surface area contributed by atoms with E-state index in [2.05, 4.69) is 58.4 Å². The molecule has 0 N–H and O–H groups in total. The Labute approximate surface area is 98.1 Å². The van der Waals surface area contributed by atoms with Crippen LogP contribution in [-0.4, -0.2) is 15.1 Å². The Kier molecular flexibility index (Phi) is 3.21. The molecule has 1 heterocycles. The van der Waals surface area contributed by atoms with Gasteiger partial charge in [-0.1, -0.05) is 45.8 Å². The highest BCUT2D eigenvalue weighted by Crippen LogP contribution is 2.18. The molecule has 0 aliphatic heterocycles. The van der Waals surface area contributed by atoms with Gasteiger partial charge in [-0.2, -0.15) is 5.10 Å². The normalized spacial score (nSPS) is 10.5. The fourth-order valence-corrected chi connectivity index (χ4v) is 1.83. The summed E-state index contributed by atoms with van der Waals surface area (Å²) in [5.41, 5.74) is 3.68. The molecule has 1 aromatic carbocycles. The number of nitrogens with zero attached hydrogens (tertiary/aromatic N) is 2. The molecule has 15 heavy (non-hydrogen) atoms. The quantitative estimate of drug-likeness (QED) is 0.779. The minimum absolute atomic E-state index is 0.909. The highest BCUT2D eigenvalue weighted by Gasteiger charge is 2.00. The van der Waals surface area contributed by atoms with Gasteiger partial charge in [0.25, 0.3) is 0 Å². The highest BCUT2D eigenvalue weighted by molar-refractivity contribution is 9.09. The standard InChI is InChI=1S/C12H13BrN2/c1-10-2-4-11(5-3-10)12-8-14-15(9-12)7-6-13/h2-5,8-9H,6-7H2,1H3. The molecule has 0 unspecified atom stereocenters. The number of halogens is 1. The molecule has 0 saturated heterocycles. The van der Waals surface area contributed by atoms with Crippen LogP contribution < -0.4 is 0 Å². The average molecular weight is 265 g/mol. The largest absolute Gasteiger partial charge is 0.271 e. The zero-order valence-corrected chi connectivity index (χ0v) is 10.2. The van der Waals surface area contributed by atoms with E-state index in [1.807, 2.05) is 10.9 Å². The van der Waals surface area contributed by atoms with Crippen LogP contribution in [0.25, 0.3) is 11.1 Å². The van der Waals surface area contributed by atoms with Crippen molar-refractivity contribution in [3.63, 3.8) is 0 Å². The lowest BCUT2D eigenvalue weighted by Crippen LogP contribution is -1.97. The first kappa shape index (κ1) is 10.4. The molecule has 2 rings (SSSR count). The molecular weight excluding hydrogens is 252 g/mol. The third kappa shape index (κ3) is 2.48. The van der Waals surface area contributed by atoms with Crippen molar-refractivity contribution in [1.82, 2.24) is 9.78 Å². The van der Waals surface area contributed by atoms with E-state index >= 15 is 0 Å². The van der Waals surface area contributed by atoms with Crippen molar-refractivity contribution in [3.05, 3.63) is 42.2 Å². The summed E-state index contributed by atoms with van der Waals surface area (Å²) in [6.45, 7) is 3.00. The maximum absolute atomic E-state index is 4.29. The topological polar surface area (TPSA) is 17.8 Å². The van der Waals surface area contributed by atoms with E-state index in [-0.39, 0.29) is 0 Å². The molecule has 0 fully saturated rings. The van der Waals surface area contributed by atoms with Gasteiger partial charge in [-0.3, -0.25) is 4.68 Å². The second-order valence-corrected chi connectivity index (χ2v) is 4.34. The molecule has 0 radical (unpaired) electrons. The van der Waals surface area contributed by atoms with E-state index in [1.165, 1.54) is 16.7 Å². The third-order valence-corrected chi connectivity index (χ3v) is 2.69. The van der Waals surface area contributed by atoms with Crippen molar-refractivity contribution in [2.45, 2.75) is 13.5 Å². The van der Waals surface area contributed by atoms with E-state index in [4.69, 9.17) is 0 Å². The summed E-state index contributed by atoms with van der Waals surface area (Å²) in [7, 11) is 0. The van der Waals surface area contributed by atoms with E-state index in [0.717, 1.165) is 11.9 Å². The predicted molar refractivity (Wildman–Crippen MR) is 66.2 cm³/mol. The van der Waals surface area contributed by atoms with Gasteiger partial charge in [0, 0.05) is 17.1 Å². The Morgan fingerprint density at radius 2 is 1.93 bits per heavy atom. The monoisotopic (exact) mass is 264 g/mol. The maximum atomic E-state index is 4.29. The van der Waals surface area contributed by atoms with Crippen LogP contribution in [0.4, 0.5) is 0 Å². The summed E-state index contributed by atoms with van der Waals surface area (Å²) < 4.78 is 1.95. The highest BCUT2D eigenvalue weighted by atomic mass is 79.9. The lowest BCUT2D eigenvalue weighted by Gasteiger charge is -1.97. The van der Waals surface area contributed by atoms with Gasteiger partial charge in [0.15, 0.2) is 0 Å². The number of hydrogen-bond acceptors (Lipinski definition) is 1.